The molecule has 0 N–H and O–H groups in total. The number of nitrogens with zero attached hydrogens (tertiary/aromatic N) is 3. The minimum absolute atomic E-state index is 0.0994. The smallest absolute Gasteiger partial charge is 0.270 e. The van der Waals surface area contributed by atoms with Crippen molar-refractivity contribution in [3.8, 4) is 0 Å². The van der Waals surface area contributed by atoms with Gasteiger partial charge in [-0.1, -0.05) is 30.3 Å². The second-order valence-electron chi connectivity index (χ2n) is 6.15. The van der Waals surface area contributed by atoms with Crippen LogP contribution in [0.15, 0.2) is 60.7 Å². The number of pyridine rings is 1. The fourth-order valence-electron chi connectivity index (χ4n) is 3.36. The van der Waals surface area contributed by atoms with E-state index in [2.05, 4.69) is 34.1 Å². The number of hydrogen-bond donors (Lipinski definition) is 0. The lowest BCUT2D eigenvalue weighted by molar-refractivity contribution is -0.384. The quantitative estimate of drug-likeness (QED) is 0.538. The molecule has 4 rings (SSSR count). The summed E-state index contributed by atoms with van der Waals surface area (Å²) in [5.74, 6) is 1.47. The molecule has 24 heavy (non-hydrogen) atoms. The Morgan fingerprint density at radius 3 is 2.71 bits per heavy atom. The summed E-state index contributed by atoms with van der Waals surface area (Å²) in [5.41, 5.74) is 2.26. The maximum Gasteiger partial charge on any atom is 0.270 e. The Kier molecular flexibility index (Phi) is 3.61. The molecule has 0 radical (unpaired) electrons. The molecule has 120 valence electrons. The molecule has 1 aromatic heterocycles. The molecule has 1 aliphatic heterocycles. The van der Waals surface area contributed by atoms with Crippen LogP contribution in [0.3, 0.4) is 0 Å². The van der Waals surface area contributed by atoms with Crippen LogP contribution in [0.4, 0.5) is 11.5 Å². The molecule has 2 aromatic carbocycles. The summed E-state index contributed by atoms with van der Waals surface area (Å²) in [4.78, 5) is 17.5. The minimum Gasteiger partial charge on any atom is -0.356 e. The van der Waals surface area contributed by atoms with Gasteiger partial charge in [-0.2, -0.15) is 0 Å². The molecule has 1 atom stereocenters. The van der Waals surface area contributed by atoms with E-state index in [0.717, 1.165) is 36.2 Å². The van der Waals surface area contributed by atoms with Crippen LogP contribution in [0.5, 0.6) is 0 Å². The molecule has 2 heterocycles. The summed E-state index contributed by atoms with van der Waals surface area (Å²) in [6, 6.07) is 19.3. The molecular formula is C19H17N3O2. The van der Waals surface area contributed by atoms with Gasteiger partial charge in [-0.05, 0) is 30.2 Å². The van der Waals surface area contributed by atoms with Gasteiger partial charge in [-0.25, -0.2) is 4.98 Å². The maximum atomic E-state index is 10.9. The van der Waals surface area contributed by atoms with Crippen molar-refractivity contribution in [2.75, 3.05) is 18.0 Å². The zero-order valence-electron chi connectivity index (χ0n) is 13.1. The zero-order valence-corrected chi connectivity index (χ0v) is 13.1. The first-order valence-electron chi connectivity index (χ1n) is 8.06. The Balaban J connectivity index is 1.58. The van der Waals surface area contributed by atoms with Crippen molar-refractivity contribution in [1.29, 1.82) is 0 Å². The van der Waals surface area contributed by atoms with E-state index in [1.807, 2.05) is 18.2 Å². The summed E-state index contributed by atoms with van der Waals surface area (Å²) >= 11 is 0. The van der Waals surface area contributed by atoms with Crippen LogP contribution in [0, 0.1) is 10.1 Å². The first-order chi connectivity index (χ1) is 11.7. The summed E-state index contributed by atoms with van der Waals surface area (Å²) < 4.78 is 0. The standard InChI is InChI=1S/C19H17N3O2/c23-22(24)17-7-8-18-15(12-17)6-9-19(20-18)21-11-10-16(13-21)14-4-2-1-3-5-14/h1-9,12,16H,10-11,13H2/t16-/m1/s1. The third-order valence-electron chi connectivity index (χ3n) is 4.65. The molecule has 1 aliphatic rings. The van der Waals surface area contributed by atoms with E-state index in [1.54, 1.807) is 12.1 Å². The van der Waals surface area contributed by atoms with Crippen molar-refractivity contribution >= 4 is 22.4 Å². The SMILES string of the molecule is O=[N+]([O-])c1ccc2nc(N3CC[C@@H](c4ccccc4)C3)ccc2c1. The molecule has 1 saturated heterocycles. The highest BCUT2D eigenvalue weighted by Gasteiger charge is 2.24. The molecule has 3 aromatic rings. The normalized spacial score (nSPS) is 17.3. The number of nitro benzene ring substituents is 1. The molecule has 0 aliphatic carbocycles. The van der Waals surface area contributed by atoms with Crippen LogP contribution in [0.1, 0.15) is 17.9 Å². The number of non-ortho nitro benzene ring substituents is 1. The summed E-state index contributed by atoms with van der Waals surface area (Å²) in [5, 5.41) is 11.7. The van der Waals surface area contributed by atoms with Crippen LogP contribution >= 0.6 is 0 Å². The number of fused-ring (bicyclic) bond motifs is 1. The highest BCUT2D eigenvalue weighted by molar-refractivity contribution is 5.82. The Hall–Kier alpha value is -2.95. The fraction of sp³-hybridized carbons (Fsp3) is 0.211. The average Bonchev–Trinajstić information content (AvgIpc) is 3.11. The van der Waals surface area contributed by atoms with Crippen molar-refractivity contribution in [2.24, 2.45) is 0 Å². The number of rotatable bonds is 3. The first kappa shape index (κ1) is 14.6. The van der Waals surface area contributed by atoms with E-state index in [0.29, 0.717) is 5.92 Å². The Morgan fingerprint density at radius 1 is 1.08 bits per heavy atom. The predicted molar refractivity (Wildman–Crippen MR) is 94.4 cm³/mol. The highest BCUT2D eigenvalue weighted by Crippen LogP contribution is 2.31. The van der Waals surface area contributed by atoms with Crippen molar-refractivity contribution in [3.05, 3.63) is 76.3 Å². The topological polar surface area (TPSA) is 59.3 Å². The van der Waals surface area contributed by atoms with Crippen LogP contribution in [0.25, 0.3) is 10.9 Å². The second kappa shape index (κ2) is 5.92. The van der Waals surface area contributed by atoms with Crippen LogP contribution in [-0.2, 0) is 0 Å². The summed E-state index contributed by atoms with van der Waals surface area (Å²) in [7, 11) is 0. The molecule has 0 bridgehead atoms. The average molecular weight is 319 g/mol. The third-order valence-corrected chi connectivity index (χ3v) is 4.65. The van der Waals surface area contributed by atoms with Gasteiger partial charge in [-0.15, -0.1) is 0 Å². The van der Waals surface area contributed by atoms with Gasteiger partial charge in [0.25, 0.3) is 5.69 Å². The summed E-state index contributed by atoms with van der Waals surface area (Å²) in [6.07, 6.45) is 1.12. The largest absolute Gasteiger partial charge is 0.356 e. The van der Waals surface area contributed by atoms with Gasteiger partial charge >= 0.3 is 0 Å². The van der Waals surface area contributed by atoms with Crippen molar-refractivity contribution in [3.63, 3.8) is 0 Å². The van der Waals surface area contributed by atoms with Crippen molar-refractivity contribution < 1.29 is 4.92 Å². The van der Waals surface area contributed by atoms with Crippen LogP contribution in [0.2, 0.25) is 0 Å². The number of aromatic nitrogens is 1. The Morgan fingerprint density at radius 2 is 1.92 bits per heavy atom. The first-order valence-corrected chi connectivity index (χ1v) is 8.06. The molecule has 0 spiro atoms. The number of nitro groups is 1. The third kappa shape index (κ3) is 2.69. The van der Waals surface area contributed by atoms with E-state index in [9.17, 15) is 10.1 Å². The minimum atomic E-state index is -0.377. The predicted octanol–water partition coefficient (Wildman–Crippen LogP) is 4.14. The van der Waals surface area contributed by atoms with E-state index < -0.39 is 0 Å². The Labute approximate surface area is 139 Å². The van der Waals surface area contributed by atoms with Crippen molar-refractivity contribution in [1.82, 2.24) is 4.98 Å². The number of hydrogen-bond acceptors (Lipinski definition) is 4. The van der Waals surface area contributed by atoms with Gasteiger partial charge in [0, 0.05) is 36.5 Å². The number of benzene rings is 2. The maximum absolute atomic E-state index is 10.9. The van der Waals surface area contributed by atoms with E-state index in [1.165, 1.54) is 11.6 Å². The van der Waals surface area contributed by atoms with E-state index in [4.69, 9.17) is 0 Å². The lowest BCUT2D eigenvalue weighted by atomic mass is 9.99. The molecule has 5 heteroatoms. The molecular weight excluding hydrogens is 302 g/mol. The number of anilines is 1. The highest BCUT2D eigenvalue weighted by atomic mass is 16.6. The molecule has 0 amide bonds. The van der Waals surface area contributed by atoms with E-state index >= 15 is 0 Å². The fourth-order valence-corrected chi connectivity index (χ4v) is 3.36. The monoisotopic (exact) mass is 319 g/mol. The van der Waals surface area contributed by atoms with Crippen LogP contribution < -0.4 is 4.90 Å². The van der Waals surface area contributed by atoms with Gasteiger partial charge in [0.15, 0.2) is 0 Å². The molecule has 0 unspecified atom stereocenters. The Bertz CT molecular complexity index is 896. The lowest BCUT2D eigenvalue weighted by Gasteiger charge is -2.18. The van der Waals surface area contributed by atoms with Gasteiger partial charge in [0.05, 0.1) is 10.4 Å². The molecule has 1 fully saturated rings. The van der Waals surface area contributed by atoms with Gasteiger partial charge in [-0.3, -0.25) is 10.1 Å². The molecule has 5 nitrogen and oxygen atoms in total. The van der Waals surface area contributed by atoms with E-state index in [-0.39, 0.29) is 10.6 Å². The van der Waals surface area contributed by atoms with Crippen molar-refractivity contribution in [2.45, 2.75) is 12.3 Å². The summed E-state index contributed by atoms with van der Waals surface area (Å²) in [6.45, 7) is 1.93. The van der Waals surface area contributed by atoms with Gasteiger partial charge in [0.1, 0.15) is 5.82 Å². The van der Waals surface area contributed by atoms with Crippen LogP contribution in [-0.4, -0.2) is 23.0 Å². The lowest BCUT2D eigenvalue weighted by Crippen LogP contribution is -2.20. The van der Waals surface area contributed by atoms with Gasteiger partial charge < -0.3 is 4.90 Å². The second-order valence-corrected chi connectivity index (χ2v) is 6.15. The van der Waals surface area contributed by atoms with Gasteiger partial charge in [0.2, 0.25) is 0 Å². The molecule has 0 saturated carbocycles. The zero-order chi connectivity index (χ0) is 16.5.